The molecule has 0 bridgehead atoms. The summed E-state index contributed by atoms with van der Waals surface area (Å²) in [4.78, 5) is 14.6. The van der Waals surface area contributed by atoms with Crippen LogP contribution in [-0.2, 0) is 4.74 Å². The smallest absolute Gasteiger partial charge is 0.222 e. The van der Waals surface area contributed by atoms with E-state index in [4.69, 9.17) is 4.74 Å². The Balaban J connectivity index is 2.38. The lowest BCUT2D eigenvalue weighted by atomic mass is 10.1. The molecule has 0 aliphatic carbocycles. The van der Waals surface area contributed by atoms with Gasteiger partial charge in [-0.2, -0.15) is 5.26 Å². The lowest BCUT2D eigenvalue weighted by Crippen LogP contribution is -2.32. The lowest BCUT2D eigenvalue weighted by Gasteiger charge is -2.25. The zero-order chi connectivity index (χ0) is 21.2. The number of nitrogens with zero attached hydrogens (tertiary/aromatic N) is 4. The van der Waals surface area contributed by atoms with Crippen LogP contribution in [0.15, 0.2) is 42.2 Å². The molecular weight excluding hydrogens is 521 g/mol. The van der Waals surface area contributed by atoms with E-state index in [0.29, 0.717) is 5.69 Å². The zero-order valence-electron chi connectivity index (χ0n) is 16.6. The number of hydrogen-bond donors (Lipinski definition) is 1. The van der Waals surface area contributed by atoms with Gasteiger partial charge in [-0.15, -0.1) is 0 Å². The van der Waals surface area contributed by atoms with Gasteiger partial charge in [0.1, 0.15) is 17.3 Å². The van der Waals surface area contributed by atoms with Crippen LogP contribution in [-0.4, -0.2) is 59.4 Å². The Morgan fingerprint density at radius 2 is 2.07 bits per heavy atom. The minimum absolute atomic E-state index is 0.0867. The molecule has 10 heteroatoms. The molecule has 1 N–H and O–H groups in total. The van der Waals surface area contributed by atoms with Gasteiger partial charge in [0.2, 0.25) is 5.78 Å². The molecule has 1 aromatic rings. The Labute approximate surface area is 192 Å². The molecule has 0 aromatic carbocycles. The number of hydrogen-bond acceptors (Lipinski definition) is 8. The molecule has 2 rings (SSSR count). The molecule has 0 radical (unpaired) electrons. The number of rotatable bonds is 7. The van der Waals surface area contributed by atoms with E-state index in [1.54, 1.807) is 41.2 Å². The number of ketones is 1. The summed E-state index contributed by atoms with van der Waals surface area (Å²) in [6.07, 6.45) is 3.37. The number of nitrogens with one attached hydrogen (secondary N) is 1. The van der Waals surface area contributed by atoms with Gasteiger partial charge in [0.05, 0.1) is 13.2 Å². The molecule has 2 heterocycles. The summed E-state index contributed by atoms with van der Waals surface area (Å²) in [6, 6.07) is 9.46. The van der Waals surface area contributed by atoms with Crippen LogP contribution in [0.25, 0.3) is 0 Å². The quantitative estimate of drug-likeness (QED) is 0.180. The molecular formula is C19H24IN5O2S2. The molecule has 1 aliphatic rings. The van der Waals surface area contributed by atoms with Crippen molar-refractivity contribution >= 4 is 53.9 Å². The number of allylic oxidation sites excluding steroid dienone is 1. The third-order valence-electron chi connectivity index (χ3n) is 3.95. The summed E-state index contributed by atoms with van der Waals surface area (Å²) in [5.74, 6) is -0.323. The van der Waals surface area contributed by atoms with Crippen molar-refractivity contribution in [2.75, 3.05) is 45.1 Å². The fourth-order valence-electron chi connectivity index (χ4n) is 2.44. The molecule has 0 saturated carbocycles. The summed E-state index contributed by atoms with van der Waals surface area (Å²) < 4.78 is 12.8. The molecule has 7 nitrogen and oxygen atoms in total. The largest absolute Gasteiger partial charge is 0.382 e. The Bertz CT molecular complexity index is 844. The van der Waals surface area contributed by atoms with E-state index in [1.807, 2.05) is 37.4 Å². The number of aromatic nitrogens is 1. The van der Waals surface area contributed by atoms with Gasteiger partial charge in [0.25, 0.3) is 0 Å². The molecule has 0 spiro atoms. The van der Waals surface area contributed by atoms with E-state index in [9.17, 15) is 10.1 Å². The van der Waals surface area contributed by atoms with Crippen molar-refractivity contribution in [3.8, 4) is 6.07 Å². The number of nitriles is 1. The van der Waals surface area contributed by atoms with Gasteiger partial charge in [-0.1, -0.05) is 12.1 Å². The molecule has 0 atom stereocenters. The van der Waals surface area contributed by atoms with Crippen molar-refractivity contribution in [2.45, 2.75) is 6.92 Å². The average molecular weight is 545 g/mol. The molecule has 156 valence electrons. The SMILES string of the molecule is Cc1cccc(C(=O)/C(C#N)=C/N(C)C)n(SI)ccc1NSN1CCOCC1. The summed E-state index contributed by atoms with van der Waals surface area (Å²) >= 11 is 3.68. The van der Waals surface area contributed by atoms with E-state index in [1.165, 1.54) is 15.3 Å². The Hall–Kier alpha value is -1.39. The van der Waals surface area contributed by atoms with E-state index < -0.39 is 0 Å². The van der Waals surface area contributed by atoms with Gasteiger partial charge in [-0.3, -0.25) is 8.77 Å². The number of morpholine rings is 1. The second-order valence-electron chi connectivity index (χ2n) is 6.40. The number of aryl methyl sites for hydroxylation is 1. The number of carbonyl (C=O) groups is 1. The van der Waals surface area contributed by atoms with Crippen LogP contribution in [0.1, 0.15) is 16.1 Å². The minimum atomic E-state index is -0.323. The summed E-state index contributed by atoms with van der Waals surface area (Å²) in [6.45, 7) is 5.22. The van der Waals surface area contributed by atoms with Crippen LogP contribution in [0.3, 0.4) is 0 Å². The Kier molecular flexibility index (Phi) is 10.2. The van der Waals surface area contributed by atoms with Crippen LogP contribution in [0.5, 0.6) is 0 Å². The van der Waals surface area contributed by atoms with Crippen LogP contribution >= 0.6 is 42.5 Å². The van der Waals surface area contributed by atoms with Crippen LogP contribution < -0.4 is 4.72 Å². The van der Waals surface area contributed by atoms with E-state index in [-0.39, 0.29) is 11.4 Å². The van der Waals surface area contributed by atoms with Crippen molar-refractivity contribution in [1.82, 2.24) is 13.2 Å². The Morgan fingerprint density at radius 3 is 2.69 bits per heavy atom. The van der Waals surface area contributed by atoms with Gasteiger partial charge in [-0.05, 0) is 24.6 Å². The highest BCUT2D eigenvalue weighted by Crippen LogP contribution is 2.23. The summed E-state index contributed by atoms with van der Waals surface area (Å²) in [5.41, 5.74) is 2.49. The maximum absolute atomic E-state index is 12.9. The predicted octanol–water partition coefficient (Wildman–Crippen LogP) is 4.23. The monoisotopic (exact) mass is 545 g/mol. The molecule has 1 fully saturated rings. The number of carbonyl (C=O) groups excluding carboxylic acids is 1. The topological polar surface area (TPSA) is 73.5 Å². The van der Waals surface area contributed by atoms with Gasteiger partial charge in [0.15, 0.2) is 0 Å². The summed E-state index contributed by atoms with van der Waals surface area (Å²) in [7, 11) is 4.93. The normalized spacial score (nSPS) is 14.7. The number of halogens is 1. The van der Waals surface area contributed by atoms with Crippen molar-refractivity contribution in [1.29, 1.82) is 5.26 Å². The fraction of sp³-hybridized carbons (Fsp3) is 0.368. The molecule has 1 aromatic heterocycles. The standard InChI is InChI=1S/C19H24IN5O2S2/c1-15-5-4-6-18(19(26)16(13-21)14-23(2)3)25(28-20)8-7-17(15)22-29-24-9-11-27-12-10-24/h4-8,14,22H,9-12H2,1-3H3/b5-4?,8-7?,16-14+,17-15?,18-6?. The third-order valence-corrected chi connectivity index (χ3v) is 6.63. The third kappa shape index (κ3) is 7.42. The highest BCUT2D eigenvalue weighted by atomic mass is 127. The highest BCUT2D eigenvalue weighted by molar-refractivity contribution is 14.2. The minimum Gasteiger partial charge on any atom is -0.382 e. The van der Waals surface area contributed by atoms with Crippen molar-refractivity contribution in [3.63, 3.8) is 0 Å². The van der Waals surface area contributed by atoms with Crippen molar-refractivity contribution in [3.05, 3.63) is 53.5 Å². The second-order valence-corrected chi connectivity index (χ2v) is 9.02. The van der Waals surface area contributed by atoms with E-state index in [0.717, 1.165) is 37.6 Å². The maximum Gasteiger partial charge on any atom is 0.222 e. The van der Waals surface area contributed by atoms with Gasteiger partial charge in [0, 0.05) is 87.7 Å². The van der Waals surface area contributed by atoms with E-state index >= 15 is 0 Å². The van der Waals surface area contributed by atoms with Crippen LogP contribution in [0.2, 0.25) is 0 Å². The molecule has 0 unspecified atom stereocenters. The maximum atomic E-state index is 12.9. The molecule has 1 saturated heterocycles. The first-order valence-corrected chi connectivity index (χ1v) is 13.0. The lowest BCUT2D eigenvalue weighted by molar-refractivity contribution is 0.0775. The zero-order valence-corrected chi connectivity index (χ0v) is 20.4. The average Bonchev–Trinajstić information content (AvgIpc) is 2.79. The summed E-state index contributed by atoms with van der Waals surface area (Å²) in [5, 5.41) is 9.40. The van der Waals surface area contributed by atoms with E-state index in [2.05, 4.69) is 30.2 Å². The number of ether oxygens (including phenoxy) is 1. The van der Waals surface area contributed by atoms with Crippen LogP contribution in [0, 0.1) is 18.3 Å². The van der Waals surface area contributed by atoms with Crippen LogP contribution in [0.4, 0.5) is 5.69 Å². The first kappa shape index (κ1) is 23.9. The molecule has 1 aliphatic heterocycles. The molecule has 0 amide bonds. The first-order chi connectivity index (χ1) is 14.0. The van der Waals surface area contributed by atoms with Gasteiger partial charge in [-0.25, -0.2) is 4.31 Å². The van der Waals surface area contributed by atoms with Gasteiger partial charge < -0.3 is 14.4 Å². The highest BCUT2D eigenvalue weighted by Gasteiger charge is 2.15. The Morgan fingerprint density at radius 1 is 1.34 bits per heavy atom. The number of anilines is 1. The first-order valence-electron chi connectivity index (χ1n) is 8.90. The second kappa shape index (κ2) is 12.3. The number of Topliss-reactive ketones (excluding diaryl/α,β-unsaturated/α-hetero) is 1. The van der Waals surface area contributed by atoms with Crippen molar-refractivity contribution in [2.24, 2.45) is 0 Å². The fourth-order valence-corrected chi connectivity index (χ4v) is 4.58. The predicted molar refractivity (Wildman–Crippen MR) is 129 cm³/mol. The van der Waals surface area contributed by atoms with Crippen molar-refractivity contribution < 1.29 is 9.53 Å². The van der Waals surface area contributed by atoms with Gasteiger partial charge >= 0.3 is 0 Å². The molecule has 29 heavy (non-hydrogen) atoms.